The number of halogens is 17. The van der Waals surface area contributed by atoms with E-state index < -0.39 is 65.2 Å². The Morgan fingerprint density at radius 2 is 0.833 bits per heavy atom. The molecule has 0 bridgehead atoms. The molecular formula is C24H17F17O. The molecule has 0 radical (unpaired) electrons. The third-order valence-electron chi connectivity index (χ3n) is 6.40. The van der Waals surface area contributed by atoms with E-state index in [-0.39, 0.29) is 0 Å². The van der Waals surface area contributed by atoms with Gasteiger partial charge in [-0.2, -0.15) is 74.6 Å². The lowest BCUT2D eigenvalue weighted by atomic mass is 9.83. The van der Waals surface area contributed by atoms with E-state index in [1.807, 2.05) is 0 Å². The molecule has 0 aliphatic rings. The summed E-state index contributed by atoms with van der Waals surface area (Å²) in [4.78, 5) is 0. The average molecular weight is 644 g/mol. The van der Waals surface area contributed by atoms with Gasteiger partial charge in [-0.15, -0.1) is 0 Å². The highest BCUT2D eigenvalue weighted by Crippen LogP contribution is 2.64. The molecule has 0 spiro atoms. The van der Waals surface area contributed by atoms with Gasteiger partial charge in [0.2, 0.25) is 0 Å². The zero-order valence-corrected chi connectivity index (χ0v) is 20.7. The molecule has 1 unspecified atom stereocenters. The van der Waals surface area contributed by atoms with E-state index in [2.05, 4.69) is 4.74 Å². The van der Waals surface area contributed by atoms with Crippen LogP contribution >= 0.6 is 0 Å². The molecule has 1 atom stereocenters. The summed E-state index contributed by atoms with van der Waals surface area (Å²) in [6.45, 7) is 0.539. The lowest BCUT2D eigenvalue weighted by molar-refractivity contribution is -0.462. The van der Waals surface area contributed by atoms with Gasteiger partial charge in [0.15, 0.2) is 0 Å². The van der Waals surface area contributed by atoms with Crippen LogP contribution in [0.3, 0.4) is 0 Å². The van der Waals surface area contributed by atoms with Crippen molar-refractivity contribution in [1.29, 1.82) is 0 Å². The summed E-state index contributed by atoms with van der Waals surface area (Å²) in [6, 6.07) is 12.2. The second kappa shape index (κ2) is 10.4. The van der Waals surface area contributed by atoms with Gasteiger partial charge in [-0.3, -0.25) is 0 Å². The van der Waals surface area contributed by atoms with E-state index in [0.29, 0.717) is 25.2 Å². The predicted octanol–water partition coefficient (Wildman–Crippen LogP) is 9.61. The number of alkyl halides is 17. The van der Waals surface area contributed by atoms with Gasteiger partial charge in [0, 0.05) is 7.11 Å². The molecule has 238 valence electrons. The van der Waals surface area contributed by atoms with Crippen LogP contribution in [0.15, 0.2) is 54.6 Å². The second-order valence-electron chi connectivity index (χ2n) is 9.20. The Morgan fingerprint density at radius 3 is 1.21 bits per heavy atom. The van der Waals surface area contributed by atoms with E-state index >= 15 is 0 Å². The van der Waals surface area contributed by atoms with Gasteiger partial charge in [0.1, 0.15) is 0 Å². The summed E-state index contributed by atoms with van der Waals surface area (Å²) < 4.78 is 236. The highest BCUT2D eigenvalue weighted by Gasteiger charge is 2.95. The summed E-state index contributed by atoms with van der Waals surface area (Å²) in [6.07, 6.45) is -10.5. The Hall–Kier alpha value is -2.79. The van der Waals surface area contributed by atoms with Crippen LogP contribution in [0.4, 0.5) is 74.6 Å². The van der Waals surface area contributed by atoms with Crippen LogP contribution in [-0.2, 0) is 10.3 Å². The monoisotopic (exact) mass is 644 g/mol. The SMILES string of the molecule is COC(C)(CC(F)(F)C(F)(F)C(F)(F)C(F)(F)C(F)(F)C(F)(F)C(F)(F)C(F)(F)F)c1ccc(-c2ccccc2)cc1. The largest absolute Gasteiger partial charge is 0.460 e. The summed E-state index contributed by atoms with van der Waals surface area (Å²) in [5.74, 6) is -56.7. The average Bonchev–Trinajstić information content (AvgIpc) is 2.87. The van der Waals surface area contributed by atoms with Crippen molar-refractivity contribution in [3.63, 3.8) is 0 Å². The standard InChI is InChI=1S/C24H17F17O/c1-16(42-2,15-10-8-14(9-11-15)13-6-4-3-5-7-13)12-17(25,26)18(27,28)19(29,30)20(31,32)21(33,34)22(35,36)23(37,38)24(39,40)41/h3-11H,12H2,1-2H3. The van der Waals surface area contributed by atoms with Gasteiger partial charge in [-0.05, 0) is 23.6 Å². The van der Waals surface area contributed by atoms with Crippen molar-refractivity contribution >= 4 is 0 Å². The van der Waals surface area contributed by atoms with Gasteiger partial charge >= 0.3 is 47.6 Å². The van der Waals surface area contributed by atoms with Gasteiger partial charge in [-0.1, -0.05) is 54.6 Å². The van der Waals surface area contributed by atoms with Crippen LogP contribution in [0.25, 0.3) is 11.1 Å². The Labute approximate surface area is 225 Å². The topological polar surface area (TPSA) is 9.23 Å². The van der Waals surface area contributed by atoms with E-state index in [4.69, 9.17) is 0 Å². The molecule has 1 nitrogen and oxygen atoms in total. The van der Waals surface area contributed by atoms with Crippen molar-refractivity contribution in [1.82, 2.24) is 0 Å². The molecule has 0 N–H and O–H groups in total. The Balaban J connectivity index is 2.54. The lowest BCUT2D eigenvalue weighted by Gasteiger charge is -2.44. The first-order chi connectivity index (χ1) is 18.6. The van der Waals surface area contributed by atoms with Crippen molar-refractivity contribution in [2.24, 2.45) is 0 Å². The first kappa shape index (κ1) is 35.4. The molecule has 0 saturated carbocycles. The van der Waals surface area contributed by atoms with Crippen LogP contribution < -0.4 is 0 Å². The number of ether oxygens (including phenoxy) is 1. The van der Waals surface area contributed by atoms with Gasteiger partial charge in [0.05, 0.1) is 12.0 Å². The van der Waals surface area contributed by atoms with Crippen molar-refractivity contribution in [2.75, 3.05) is 7.11 Å². The van der Waals surface area contributed by atoms with Crippen LogP contribution in [0.5, 0.6) is 0 Å². The number of benzene rings is 2. The van der Waals surface area contributed by atoms with E-state index in [1.165, 1.54) is 12.1 Å². The third-order valence-corrected chi connectivity index (χ3v) is 6.40. The van der Waals surface area contributed by atoms with Crippen LogP contribution in [0.2, 0.25) is 0 Å². The van der Waals surface area contributed by atoms with Crippen LogP contribution in [0, 0.1) is 0 Å². The minimum Gasteiger partial charge on any atom is -0.374 e. The molecule has 2 rings (SSSR count). The van der Waals surface area contributed by atoms with Gasteiger partial charge in [0.25, 0.3) is 0 Å². The highest BCUT2D eigenvalue weighted by atomic mass is 19.4. The van der Waals surface area contributed by atoms with E-state index in [1.54, 1.807) is 30.3 Å². The first-order valence-electron chi connectivity index (χ1n) is 11.0. The molecule has 0 aliphatic carbocycles. The summed E-state index contributed by atoms with van der Waals surface area (Å²) >= 11 is 0. The molecule has 0 saturated heterocycles. The summed E-state index contributed by atoms with van der Waals surface area (Å²) in [7, 11) is 0.556. The maximum atomic E-state index is 14.6. The normalized spacial score (nSPS) is 16.4. The molecule has 2 aromatic carbocycles. The Morgan fingerprint density at radius 1 is 0.476 bits per heavy atom. The number of rotatable bonds is 11. The molecule has 2 aromatic rings. The zero-order valence-electron chi connectivity index (χ0n) is 20.7. The Kier molecular flexibility index (Phi) is 8.80. The van der Waals surface area contributed by atoms with Crippen molar-refractivity contribution in [2.45, 2.75) is 66.6 Å². The molecule has 0 aromatic heterocycles. The summed E-state index contributed by atoms with van der Waals surface area (Å²) in [5, 5.41) is 0. The first-order valence-corrected chi connectivity index (χ1v) is 11.0. The second-order valence-corrected chi connectivity index (χ2v) is 9.20. The highest BCUT2D eigenvalue weighted by molar-refractivity contribution is 5.63. The van der Waals surface area contributed by atoms with Crippen LogP contribution in [0.1, 0.15) is 18.9 Å². The minimum atomic E-state index is -8.67. The fourth-order valence-corrected chi connectivity index (χ4v) is 3.67. The number of hydrogen-bond acceptors (Lipinski definition) is 1. The van der Waals surface area contributed by atoms with Crippen LogP contribution in [-0.4, -0.2) is 54.7 Å². The molecule has 18 heteroatoms. The molecule has 0 aliphatic heterocycles. The van der Waals surface area contributed by atoms with Crippen molar-refractivity contribution in [3.05, 3.63) is 60.2 Å². The molecular weight excluding hydrogens is 627 g/mol. The predicted molar refractivity (Wildman–Crippen MR) is 112 cm³/mol. The fraction of sp³-hybridized carbons (Fsp3) is 0.500. The van der Waals surface area contributed by atoms with Crippen molar-refractivity contribution < 1.29 is 79.4 Å². The lowest BCUT2D eigenvalue weighted by Crippen LogP contribution is -2.74. The van der Waals surface area contributed by atoms with Crippen molar-refractivity contribution in [3.8, 4) is 11.1 Å². The number of methoxy groups -OCH3 is 1. The molecule has 0 fully saturated rings. The maximum absolute atomic E-state index is 14.6. The van der Waals surface area contributed by atoms with E-state index in [9.17, 15) is 74.6 Å². The van der Waals surface area contributed by atoms with E-state index in [0.717, 1.165) is 12.1 Å². The third kappa shape index (κ3) is 5.16. The maximum Gasteiger partial charge on any atom is 0.460 e. The van der Waals surface area contributed by atoms with Gasteiger partial charge < -0.3 is 4.74 Å². The quantitative estimate of drug-likeness (QED) is 0.222. The minimum absolute atomic E-state index is 0.389. The number of hydrogen-bond donors (Lipinski definition) is 0. The molecule has 0 heterocycles. The smallest absolute Gasteiger partial charge is 0.374 e. The summed E-state index contributed by atoms with van der Waals surface area (Å²) in [5.41, 5.74) is -2.39. The Bertz CT molecular complexity index is 1220. The molecule has 42 heavy (non-hydrogen) atoms. The van der Waals surface area contributed by atoms with Gasteiger partial charge in [-0.25, -0.2) is 0 Å². The fourth-order valence-electron chi connectivity index (χ4n) is 3.67. The zero-order chi connectivity index (χ0) is 33.0. The molecule has 0 amide bonds.